The van der Waals surface area contributed by atoms with E-state index >= 15 is 0 Å². The predicted octanol–water partition coefficient (Wildman–Crippen LogP) is 2.86. The van der Waals surface area contributed by atoms with E-state index in [1.807, 2.05) is 0 Å². The fourth-order valence-corrected chi connectivity index (χ4v) is 2.78. The van der Waals surface area contributed by atoms with Crippen molar-refractivity contribution in [3.63, 3.8) is 0 Å². The Balaban J connectivity index is 1.66. The van der Waals surface area contributed by atoms with E-state index in [0.717, 1.165) is 0 Å². The molecule has 3 rings (SSSR count). The van der Waals surface area contributed by atoms with Crippen LogP contribution >= 0.6 is 0 Å². The number of carbonyl (C=O) groups excluding carboxylic acids is 1. The van der Waals surface area contributed by atoms with Crippen LogP contribution in [0.15, 0.2) is 42.9 Å². The van der Waals surface area contributed by atoms with Gasteiger partial charge in [0.25, 0.3) is 12.1 Å². The van der Waals surface area contributed by atoms with Crippen LogP contribution in [0.25, 0.3) is 11.0 Å². The Kier molecular flexibility index (Phi) is 5.96. The molecular formula is C18H17F2N5O4. The van der Waals surface area contributed by atoms with Crippen LogP contribution in [0.5, 0.6) is 5.88 Å². The standard InChI is InChI=1S/C18H17F2N5O4/c1-11(12-5-6-17(21-7-12)29-9-15(19)20)23-16(26)8-24-10-22-13-3-2-4-14(18(13)24)25(27)28/h2-7,10-11,15H,8-9H2,1H3,(H,23,26). The predicted molar refractivity (Wildman–Crippen MR) is 98.7 cm³/mol. The number of carbonyl (C=O) groups is 1. The van der Waals surface area contributed by atoms with Gasteiger partial charge in [0.2, 0.25) is 11.8 Å². The fraction of sp³-hybridized carbons (Fsp3) is 0.278. The van der Waals surface area contributed by atoms with Gasteiger partial charge in [-0.15, -0.1) is 0 Å². The van der Waals surface area contributed by atoms with Gasteiger partial charge < -0.3 is 14.6 Å². The lowest BCUT2D eigenvalue weighted by atomic mass is 10.1. The van der Waals surface area contributed by atoms with E-state index in [2.05, 4.69) is 15.3 Å². The van der Waals surface area contributed by atoms with Crippen molar-refractivity contribution in [2.45, 2.75) is 25.9 Å². The van der Waals surface area contributed by atoms with Gasteiger partial charge in [-0.05, 0) is 18.6 Å². The topological polar surface area (TPSA) is 112 Å². The van der Waals surface area contributed by atoms with Crippen molar-refractivity contribution in [3.05, 3.63) is 58.5 Å². The van der Waals surface area contributed by atoms with Crippen molar-refractivity contribution in [1.29, 1.82) is 0 Å². The number of benzene rings is 1. The molecule has 0 aliphatic rings. The molecule has 2 heterocycles. The molecule has 1 unspecified atom stereocenters. The second kappa shape index (κ2) is 8.59. The van der Waals surface area contributed by atoms with E-state index in [-0.39, 0.29) is 29.5 Å². The monoisotopic (exact) mass is 405 g/mol. The Morgan fingerprint density at radius 2 is 2.10 bits per heavy atom. The number of ether oxygens (including phenoxy) is 1. The third-order valence-corrected chi connectivity index (χ3v) is 4.12. The third kappa shape index (κ3) is 4.81. The molecule has 2 aromatic heterocycles. The van der Waals surface area contributed by atoms with E-state index in [1.165, 1.54) is 35.3 Å². The number of imidazole rings is 1. The van der Waals surface area contributed by atoms with Crippen molar-refractivity contribution in [2.24, 2.45) is 0 Å². The minimum absolute atomic E-state index is 0.0600. The van der Waals surface area contributed by atoms with Gasteiger partial charge in [-0.1, -0.05) is 12.1 Å². The van der Waals surface area contributed by atoms with Crippen LogP contribution in [0.4, 0.5) is 14.5 Å². The lowest BCUT2D eigenvalue weighted by Gasteiger charge is -2.15. The molecule has 29 heavy (non-hydrogen) atoms. The minimum Gasteiger partial charge on any atom is -0.472 e. The highest BCUT2D eigenvalue weighted by Crippen LogP contribution is 2.24. The molecule has 0 fully saturated rings. The van der Waals surface area contributed by atoms with Crippen molar-refractivity contribution in [2.75, 3.05) is 6.61 Å². The average molecular weight is 405 g/mol. The highest BCUT2D eigenvalue weighted by atomic mass is 19.3. The number of nitrogens with one attached hydrogen (secondary N) is 1. The van der Waals surface area contributed by atoms with Crippen molar-refractivity contribution in [3.8, 4) is 5.88 Å². The first-order chi connectivity index (χ1) is 13.8. The summed E-state index contributed by atoms with van der Waals surface area (Å²) in [6.07, 6.45) is 0.201. The number of halogens is 2. The van der Waals surface area contributed by atoms with Crippen LogP contribution in [0, 0.1) is 10.1 Å². The Morgan fingerprint density at radius 1 is 1.31 bits per heavy atom. The fourth-order valence-electron chi connectivity index (χ4n) is 2.78. The van der Waals surface area contributed by atoms with Crippen LogP contribution in [0.3, 0.4) is 0 Å². The molecule has 0 radical (unpaired) electrons. The molecule has 0 spiro atoms. The Bertz CT molecular complexity index is 1020. The summed E-state index contributed by atoms with van der Waals surface area (Å²) in [5.74, 6) is -0.322. The Labute approximate surface area is 163 Å². The van der Waals surface area contributed by atoms with E-state index in [9.17, 15) is 23.7 Å². The second-order valence-corrected chi connectivity index (χ2v) is 6.20. The van der Waals surface area contributed by atoms with E-state index in [1.54, 1.807) is 19.1 Å². The van der Waals surface area contributed by atoms with Crippen molar-refractivity contribution in [1.82, 2.24) is 19.9 Å². The third-order valence-electron chi connectivity index (χ3n) is 4.12. The Hall–Kier alpha value is -3.63. The summed E-state index contributed by atoms with van der Waals surface area (Å²) in [6.45, 7) is 0.821. The maximum atomic E-state index is 12.4. The van der Waals surface area contributed by atoms with E-state index < -0.39 is 24.0 Å². The largest absolute Gasteiger partial charge is 0.472 e. The zero-order valence-electron chi connectivity index (χ0n) is 15.3. The van der Waals surface area contributed by atoms with Gasteiger partial charge in [0.05, 0.1) is 22.8 Å². The normalized spacial score (nSPS) is 12.1. The van der Waals surface area contributed by atoms with Crippen LogP contribution in [-0.4, -0.2) is 38.4 Å². The molecule has 3 aromatic rings. The molecule has 0 bridgehead atoms. The number of hydrogen-bond acceptors (Lipinski definition) is 6. The average Bonchev–Trinajstić information content (AvgIpc) is 3.09. The number of rotatable bonds is 8. The Morgan fingerprint density at radius 3 is 2.76 bits per heavy atom. The van der Waals surface area contributed by atoms with Gasteiger partial charge in [0.1, 0.15) is 12.1 Å². The maximum absolute atomic E-state index is 12.4. The SMILES string of the molecule is CC(NC(=O)Cn1cnc2cccc([N+](=O)[O-])c21)c1ccc(OCC(F)F)nc1. The number of non-ortho nitro benzene ring substituents is 1. The van der Waals surface area contributed by atoms with Gasteiger partial charge in [-0.3, -0.25) is 14.9 Å². The number of para-hydroxylation sites is 1. The van der Waals surface area contributed by atoms with Crippen LogP contribution in [-0.2, 0) is 11.3 Å². The van der Waals surface area contributed by atoms with Crippen molar-refractivity contribution < 1.29 is 23.2 Å². The van der Waals surface area contributed by atoms with Gasteiger partial charge in [-0.2, -0.15) is 0 Å². The number of nitro benzene ring substituents is 1. The molecule has 1 atom stereocenters. The molecule has 0 aliphatic carbocycles. The minimum atomic E-state index is -2.59. The molecule has 1 N–H and O–H groups in total. The van der Waals surface area contributed by atoms with E-state index in [4.69, 9.17) is 4.74 Å². The number of nitro groups is 1. The smallest absolute Gasteiger partial charge is 0.295 e. The summed E-state index contributed by atoms with van der Waals surface area (Å²) in [7, 11) is 0. The van der Waals surface area contributed by atoms with Gasteiger partial charge >= 0.3 is 0 Å². The summed E-state index contributed by atoms with van der Waals surface area (Å²) in [4.78, 5) is 31.1. The molecular weight excluding hydrogens is 388 g/mol. The van der Waals surface area contributed by atoms with Gasteiger partial charge in [-0.25, -0.2) is 18.7 Å². The number of pyridine rings is 1. The molecule has 0 aliphatic heterocycles. The zero-order chi connectivity index (χ0) is 21.0. The summed E-state index contributed by atoms with van der Waals surface area (Å²) in [6, 6.07) is 7.13. The highest BCUT2D eigenvalue weighted by molar-refractivity contribution is 5.87. The highest BCUT2D eigenvalue weighted by Gasteiger charge is 2.19. The number of hydrogen-bond donors (Lipinski definition) is 1. The van der Waals surface area contributed by atoms with Crippen molar-refractivity contribution >= 4 is 22.6 Å². The molecule has 1 amide bonds. The van der Waals surface area contributed by atoms with Gasteiger partial charge in [0, 0.05) is 18.3 Å². The summed E-state index contributed by atoms with van der Waals surface area (Å²) >= 11 is 0. The first-order valence-corrected chi connectivity index (χ1v) is 8.59. The molecule has 1 aromatic carbocycles. The summed E-state index contributed by atoms with van der Waals surface area (Å²) in [5, 5.41) is 14.0. The molecule has 152 valence electrons. The lowest BCUT2D eigenvalue weighted by Crippen LogP contribution is -2.30. The molecule has 0 saturated heterocycles. The summed E-state index contributed by atoms with van der Waals surface area (Å²) < 4.78 is 30.5. The van der Waals surface area contributed by atoms with E-state index in [0.29, 0.717) is 11.1 Å². The quantitative estimate of drug-likeness (QED) is 0.456. The number of alkyl halides is 2. The molecule has 0 saturated carbocycles. The van der Waals surface area contributed by atoms with Crippen LogP contribution < -0.4 is 10.1 Å². The summed E-state index contributed by atoms with van der Waals surface area (Å²) in [5.41, 5.74) is 1.19. The second-order valence-electron chi connectivity index (χ2n) is 6.20. The lowest BCUT2D eigenvalue weighted by molar-refractivity contribution is -0.383. The number of nitrogens with zero attached hydrogens (tertiary/aromatic N) is 4. The molecule has 11 heteroatoms. The van der Waals surface area contributed by atoms with Crippen LogP contribution in [0.2, 0.25) is 0 Å². The first kappa shape index (κ1) is 20.1. The number of amides is 1. The zero-order valence-corrected chi connectivity index (χ0v) is 15.3. The molecule has 9 nitrogen and oxygen atoms in total. The van der Waals surface area contributed by atoms with Gasteiger partial charge in [0.15, 0.2) is 6.61 Å². The first-order valence-electron chi connectivity index (χ1n) is 8.59. The number of aromatic nitrogens is 3. The number of fused-ring (bicyclic) bond motifs is 1. The maximum Gasteiger partial charge on any atom is 0.295 e. The van der Waals surface area contributed by atoms with Crippen LogP contribution in [0.1, 0.15) is 18.5 Å².